The predicted octanol–water partition coefficient (Wildman–Crippen LogP) is 1.06. The summed E-state index contributed by atoms with van der Waals surface area (Å²) in [6.45, 7) is 5.76. The molecule has 156 valence electrons. The highest BCUT2D eigenvalue weighted by Gasteiger charge is 2.43. The maximum Gasteiger partial charge on any atom is 0.263 e. The average molecular weight is 399 g/mol. The Morgan fingerprint density at radius 1 is 1.00 bits per heavy atom. The zero-order chi connectivity index (χ0) is 19.5. The molecule has 7 heteroatoms. The van der Waals surface area contributed by atoms with Crippen LogP contribution in [0.1, 0.15) is 47.7 Å². The first-order chi connectivity index (χ1) is 14.2. The molecular formula is C22H29N3O4. The highest BCUT2D eigenvalue weighted by Crippen LogP contribution is 2.37. The van der Waals surface area contributed by atoms with Crippen LogP contribution in [-0.2, 0) is 16.0 Å². The quantitative estimate of drug-likeness (QED) is 0.744. The molecule has 0 unspecified atom stereocenters. The van der Waals surface area contributed by atoms with Crippen molar-refractivity contribution in [3.63, 3.8) is 0 Å². The van der Waals surface area contributed by atoms with Gasteiger partial charge in [0.25, 0.3) is 11.5 Å². The molecule has 29 heavy (non-hydrogen) atoms. The Morgan fingerprint density at radius 3 is 2.62 bits per heavy atom. The van der Waals surface area contributed by atoms with Crippen LogP contribution in [0.4, 0.5) is 0 Å². The lowest BCUT2D eigenvalue weighted by atomic mass is 9.82. The summed E-state index contributed by atoms with van der Waals surface area (Å²) in [5.41, 5.74) is 1.36. The minimum absolute atomic E-state index is 0.0922. The third-order valence-electron chi connectivity index (χ3n) is 7.73. The topological polar surface area (TPSA) is 64.0 Å². The fourth-order valence-corrected chi connectivity index (χ4v) is 6.30. The Hall–Kier alpha value is -1.70. The molecule has 5 aliphatic heterocycles. The summed E-state index contributed by atoms with van der Waals surface area (Å²) in [5.74, 6) is 0.766. The third-order valence-corrected chi connectivity index (χ3v) is 7.73. The van der Waals surface area contributed by atoms with Gasteiger partial charge in [-0.05, 0) is 43.7 Å². The molecule has 0 N–H and O–H groups in total. The van der Waals surface area contributed by atoms with Gasteiger partial charge in [0.2, 0.25) is 0 Å². The molecule has 4 bridgehead atoms. The Morgan fingerprint density at radius 2 is 1.86 bits per heavy atom. The lowest BCUT2D eigenvalue weighted by molar-refractivity contribution is 0.00579. The van der Waals surface area contributed by atoms with Crippen molar-refractivity contribution in [1.82, 2.24) is 14.4 Å². The summed E-state index contributed by atoms with van der Waals surface area (Å²) in [4.78, 5) is 30.9. The largest absolute Gasteiger partial charge is 0.381 e. The van der Waals surface area contributed by atoms with Gasteiger partial charge in [-0.3, -0.25) is 14.5 Å². The Labute approximate surface area is 170 Å². The van der Waals surface area contributed by atoms with Crippen molar-refractivity contribution in [1.29, 1.82) is 0 Å². The highest BCUT2D eigenvalue weighted by molar-refractivity contribution is 5.94. The van der Waals surface area contributed by atoms with E-state index >= 15 is 0 Å². The van der Waals surface area contributed by atoms with Crippen molar-refractivity contribution in [2.24, 2.45) is 5.92 Å². The van der Waals surface area contributed by atoms with Crippen molar-refractivity contribution in [2.75, 3.05) is 39.5 Å². The molecule has 7 nitrogen and oxygen atoms in total. The van der Waals surface area contributed by atoms with E-state index in [2.05, 4.69) is 4.90 Å². The molecular weight excluding hydrogens is 370 g/mol. The van der Waals surface area contributed by atoms with Crippen LogP contribution < -0.4 is 5.56 Å². The van der Waals surface area contributed by atoms with Crippen LogP contribution in [-0.4, -0.2) is 77.9 Å². The summed E-state index contributed by atoms with van der Waals surface area (Å²) < 4.78 is 13.1. The fraction of sp³-hybridized carbons (Fsp3) is 0.727. The number of amides is 1. The first kappa shape index (κ1) is 18.1. The first-order valence-electron chi connectivity index (χ1n) is 11.2. The molecule has 5 aliphatic rings. The van der Waals surface area contributed by atoms with Crippen LogP contribution >= 0.6 is 0 Å². The van der Waals surface area contributed by atoms with Gasteiger partial charge in [0, 0.05) is 57.0 Å². The van der Waals surface area contributed by atoms with Gasteiger partial charge >= 0.3 is 0 Å². The van der Waals surface area contributed by atoms with E-state index in [-0.39, 0.29) is 23.6 Å². The van der Waals surface area contributed by atoms with Crippen LogP contribution in [0, 0.1) is 5.92 Å². The molecule has 1 aromatic rings. The van der Waals surface area contributed by atoms with E-state index in [1.807, 2.05) is 15.5 Å². The number of hydrogen-bond donors (Lipinski definition) is 0. The maximum atomic E-state index is 13.3. The first-order valence-corrected chi connectivity index (χ1v) is 11.2. The number of ether oxygens (including phenoxy) is 2. The molecule has 0 aliphatic carbocycles. The minimum atomic E-state index is -0.110. The van der Waals surface area contributed by atoms with E-state index in [4.69, 9.17) is 9.47 Å². The number of hydrogen-bond acceptors (Lipinski definition) is 5. The molecule has 4 atom stereocenters. The van der Waals surface area contributed by atoms with E-state index in [1.54, 1.807) is 6.07 Å². The summed E-state index contributed by atoms with van der Waals surface area (Å²) in [5, 5.41) is 0. The van der Waals surface area contributed by atoms with Gasteiger partial charge in [-0.25, -0.2) is 0 Å². The van der Waals surface area contributed by atoms with E-state index in [0.29, 0.717) is 36.6 Å². The van der Waals surface area contributed by atoms with E-state index in [1.165, 1.54) is 0 Å². The normalized spacial score (nSPS) is 34.4. The Bertz CT molecular complexity index is 877. The number of nitrogens with zero attached hydrogens (tertiary/aromatic N) is 3. The number of morpholine rings is 1. The molecule has 0 aromatic carbocycles. The van der Waals surface area contributed by atoms with E-state index < -0.39 is 0 Å². The van der Waals surface area contributed by atoms with Crippen molar-refractivity contribution in [2.45, 2.75) is 56.3 Å². The second kappa shape index (κ2) is 6.93. The monoisotopic (exact) mass is 399 g/mol. The van der Waals surface area contributed by atoms with Gasteiger partial charge in [0.15, 0.2) is 0 Å². The van der Waals surface area contributed by atoms with Gasteiger partial charge in [-0.1, -0.05) is 0 Å². The van der Waals surface area contributed by atoms with Gasteiger partial charge in [-0.15, -0.1) is 0 Å². The zero-order valence-corrected chi connectivity index (χ0v) is 16.8. The number of carbonyl (C=O) groups is 1. The molecule has 4 fully saturated rings. The number of rotatable bonds is 2. The van der Waals surface area contributed by atoms with Gasteiger partial charge < -0.3 is 18.9 Å². The van der Waals surface area contributed by atoms with Crippen molar-refractivity contribution < 1.29 is 14.3 Å². The molecule has 4 saturated heterocycles. The summed E-state index contributed by atoms with van der Waals surface area (Å²) in [7, 11) is 0. The molecule has 1 aromatic heterocycles. The number of piperidine rings is 1. The standard InChI is InChI=1S/C22H29N3O4/c26-21(24-12-18-8-17(24)13-29-18)19-1-2-20-15-7-14(10-25(20)22(19)27)9-23(11-15)16-3-5-28-6-4-16/h1-2,14-18H,3-13H2/t14-,15+,17+,18+/m0/s1. The van der Waals surface area contributed by atoms with Gasteiger partial charge in [-0.2, -0.15) is 0 Å². The average Bonchev–Trinajstić information content (AvgIpc) is 3.38. The van der Waals surface area contributed by atoms with Crippen molar-refractivity contribution >= 4 is 5.91 Å². The minimum Gasteiger partial charge on any atom is -0.381 e. The van der Waals surface area contributed by atoms with E-state index in [0.717, 1.165) is 64.2 Å². The zero-order valence-electron chi connectivity index (χ0n) is 16.8. The van der Waals surface area contributed by atoms with E-state index in [9.17, 15) is 9.59 Å². The van der Waals surface area contributed by atoms with Gasteiger partial charge in [0.1, 0.15) is 5.56 Å². The highest BCUT2D eigenvalue weighted by atomic mass is 16.5. The smallest absolute Gasteiger partial charge is 0.263 e. The Balaban J connectivity index is 1.26. The summed E-state index contributed by atoms with van der Waals surface area (Å²) in [6.07, 6.45) is 4.44. The number of likely N-dealkylation sites (tertiary alicyclic amines) is 2. The summed E-state index contributed by atoms with van der Waals surface area (Å²) in [6, 6.07) is 4.59. The van der Waals surface area contributed by atoms with Crippen LogP contribution in [0.2, 0.25) is 0 Å². The molecule has 0 saturated carbocycles. The van der Waals surface area contributed by atoms with Crippen molar-refractivity contribution in [3.8, 4) is 0 Å². The summed E-state index contributed by atoms with van der Waals surface area (Å²) >= 11 is 0. The van der Waals surface area contributed by atoms with Gasteiger partial charge in [0.05, 0.1) is 18.8 Å². The molecule has 6 heterocycles. The lowest BCUT2D eigenvalue weighted by Gasteiger charge is -2.46. The number of aromatic nitrogens is 1. The van der Waals surface area contributed by atoms with Crippen molar-refractivity contribution in [3.05, 3.63) is 33.7 Å². The molecule has 0 radical (unpaired) electrons. The third kappa shape index (κ3) is 2.97. The van der Waals surface area contributed by atoms with Crippen LogP contribution in [0.3, 0.4) is 0 Å². The van der Waals surface area contributed by atoms with Crippen LogP contribution in [0.5, 0.6) is 0 Å². The molecule has 6 rings (SSSR count). The second-order valence-electron chi connectivity index (χ2n) is 9.49. The fourth-order valence-electron chi connectivity index (χ4n) is 6.30. The second-order valence-corrected chi connectivity index (χ2v) is 9.49. The number of carbonyl (C=O) groups excluding carboxylic acids is 1. The maximum absolute atomic E-state index is 13.3. The predicted molar refractivity (Wildman–Crippen MR) is 106 cm³/mol. The lowest BCUT2D eigenvalue weighted by Crippen LogP contribution is -2.52. The van der Waals surface area contributed by atoms with Crippen LogP contribution in [0.25, 0.3) is 0 Å². The number of fused-ring (bicyclic) bond motifs is 6. The molecule has 1 amide bonds. The van der Waals surface area contributed by atoms with Crippen LogP contribution in [0.15, 0.2) is 16.9 Å². The Kier molecular flexibility index (Phi) is 4.32. The molecule has 0 spiro atoms. The SMILES string of the molecule is O=C(c1ccc2n(c1=O)C[C@H]1C[C@@H]2CN(C2CCOCC2)C1)N1C[C@H]2C[C@@H]1CO2. The number of pyridine rings is 1.